The van der Waals surface area contributed by atoms with E-state index in [9.17, 15) is 24.6 Å². The molecule has 0 heterocycles. The van der Waals surface area contributed by atoms with Gasteiger partial charge in [-0.1, -0.05) is 51.5 Å². The van der Waals surface area contributed by atoms with Crippen LogP contribution in [0.25, 0.3) is 5.57 Å². The van der Waals surface area contributed by atoms with Gasteiger partial charge in [0.25, 0.3) is 0 Å². The monoisotopic (exact) mass is 504 g/mol. The van der Waals surface area contributed by atoms with Crippen LogP contribution in [0, 0.1) is 23.7 Å². The molecule has 0 unspecified atom stereocenters. The lowest BCUT2D eigenvalue weighted by Gasteiger charge is -2.56. The second kappa shape index (κ2) is 8.90. The normalized spacial score (nSPS) is 29.9. The van der Waals surface area contributed by atoms with Crippen LogP contribution in [0.4, 0.5) is 0 Å². The van der Waals surface area contributed by atoms with Crippen LogP contribution >= 0.6 is 0 Å². The SMILES string of the molecule is CC(=O)C1=C(C)C[C@@]2(C)C[C@@]3(C)Cc4c(/C(C)=C\CCC(C)C)ccc(C)c4C(=O)C3=C(O)[C@@]2(O)C1=O. The summed E-state index contributed by atoms with van der Waals surface area (Å²) in [5, 5.41) is 23.5. The Hall–Kier alpha value is -2.79. The number of benzene rings is 1. The molecule has 37 heavy (non-hydrogen) atoms. The molecule has 2 N–H and O–H groups in total. The predicted octanol–water partition coefficient (Wildman–Crippen LogP) is 6.41. The van der Waals surface area contributed by atoms with Gasteiger partial charge in [-0.25, -0.2) is 0 Å². The minimum Gasteiger partial charge on any atom is -0.508 e. The summed E-state index contributed by atoms with van der Waals surface area (Å²) in [6.45, 7) is 15.2. The molecule has 3 atom stereocenters. The van der Waals surface area contributed by atoms with E-state index in [0.717, 1.165) is 35.1 Å². The predicted molar refractivity (Wildman–Crippen MR) is 145 cm³/mol. The summed E-state index contributed by atoms with van der Waals surface area (Å²) in [5.41, 5.74) is 0.996. The molecule has 0 radical (unpaired) electrons. The second-order valence-electron chi connectivity index (χ2n) is 12.6. The van der Waals surface area contributed by atoms with E-state index in [0.29, 0.717) is 29.9 Å². The summed E-state index contributed by atoms with van der Waals surface area (Å²) in [4.78, 5) is 40.1. The van der Waals surface area contributed by atoms with Crippen molar-refractivity contribution in [3.8, 4) is 0 Å². The lowest BCUT2D eigenvalue weighted by atomic mass is 9.47. The highest BCUT2D eigenvalue weighted by Gasteiger charge is 2.67. The van der Waals surface area contributed by atoms with E-state index in [-0.39, 0.29) is 23.4 Å². The average molecular weight is 505 g/mol. The molecule has 0 aliphatic heterocycles. The standard InChI is InChI=1S/C32H40O5/c1-17(2)10-9-11-18(3)22-13-12-19(4)25-23(22)15-30(7)16-31(8)14-20(5)24(21(6)33)28(35)32(31,37)29(36)26(30)27(25)34/h11-13,17,36-37H,9-10,14-16H2,1-8H3/b18-11-/t30-,31+,32+/m1/s1. The summed E-state index contributed by atoms with van der Waals surface area (Å²) in [6.07, 6.45) is 5.41. The molecule has 1 aromatic rings. The third-order valence-electron chi connectivity index (χ3n) is 8.99. The van der Waals surface area contributed by atoms with E-state index in [1.165, 1.54) is 6.92 Å². The average Bonchev–Trinajstić information content (AvgIpc) is 2.75. The number of ketones is 3. The van der Waals surface area contributed by atoms with Crippen molar-refractivity contribution in [1.82, 2.24) is 0 Å². The van der Waals surface area contributed by atoms with Crippen LogP contribution in [0.5, 0.6) is 0 Å². The van der Waals surface area contributed by atoms with E-state index >= 15 is 0 Å². The third kappa shape index (κ3) is 3.89. The molecule has 0 aromatic heterocycles. The summed E-state index contributed by atoms with van der Waals surface area (Å²) in [6, 6.07) is 4.01. The smallest absolute Gasteiger partial charge is 0.206 e. The van der Waals surface area contributed by atoms with Gasteiger partial charge in [0.2, 0.25) is 5.78 Å². The second-order valence-corrected chi connectivity index (χ2v) is 12.6. The minimum absolute atomic E-state index is 0.0694. The fraction of sp³-hybridized carbons (Fsp3) is 0.531. The van der Waals surface area contributed by atoms with Crippen LogP contribution in [0.3, 0.4) is 0 Å². The first-order valence-electron chi connectivity index (χ1n) is 13.4. The van der Waals surface area contributed by atoms with Gasteiger partial charge < -0.3 is 10.2 Å². The molecule has 0 saturated heterocycles. The zero-order valence-electron chi connectivity index (χ0n) is 23.5. The number of aliphatic hydroxyl groups excluding tert-OH is 1. The van der Waals surface area contributed by atoms with E-state index in [1.54, 1.807) is 13.8 Å². The van der Waals surface area contributed by atoms with Crippen molar-refractivity contribution in [2.75, 3.05) is 0 Å². The van der Waals surface area contributed by atoms with Crippen molar-refractivity contribution in [2.24, 2.45) is 16.7 Å². The highest BCUT2D eigenvalue weighted by molar-refractivity contribution is 6.25. The molecule has 5 heteroatoms. The van der Waals surface area contributed by atoms with Crippen LogP contribution in [-0.4, -0.2) is 33.2 Å². The highest BCUT2D eigenvalue weighted by atomic mass is 16.3. The molecule has 0 amide bonds. The molecule has 0 saturated carbocycles. The van der Waals surface area contributed by atoms with E-state index in [1.807, 2.05) is 19.9 Å². The number of carbonyl (C=O) groups excluding carboxylic acids is 3. The van der Waals surface area contributed by atoms with Gasteiger partial charge in [-0.15, -0.1) is 0 Å². The van der Waals surface area contributed by atoms with Crippen molar-refractivity contribution in [3.05, 3.63) is 62.9 Å². The Morgan fingerprint density at radius 2 is 1.76 bits per heavy atom. The van der Waals surface area contributed by atoms with Crippen molar-refractivity contribution in [2.45, 2.75) is 93.1 Å². The number of hydrogen-bond acceptors (Lipinski definition) is 5. The van der Waals surface area contributed by atoms with Gasteiger partial charge in [0.1, 0.15) is 5.76 Å². The maximum Gasteiger partial charge on any atom is 0.206 e. The molecule has 3 aliphatic rings. The lowest BCUT2D eigenvalue weighted by molar-refractivity contribution is -0.157. The molecule has 4 rings (SSSR count). The van der Waals surface area contributed by atoms with Crippen LogP contribution in [0.15, 0.2) is 40.7 Å². The Morgan fingerprint density at radius 1 is 1.11 bits per heavy atom. The number of rotatable bonds is 5. The number of carbonyl (C=O) groups is 3. The first-order chi connectivity index (χ1) is 17.1. The lowest BCUT2D eigenvalue weighted by Crippen LogP contribution is -2.63. The van der Waals surface area contributed by atoms with E-state index in [2.05, 4.69) is 32.9 Å². The molecule has 3 aliphatic carbocycles. The van der Waals surface area contributed by atoms with Crippen molar-refractivity contribution >= 4 is 22.9 Å². The summed E-state index contributed by atoms with van der Waals surface area (Å²) in [7, 11) is 0. The van der Waals surface area contributed by atoms with Gasteiger partial charge >= 0.3 is 0 Å². The molecule has 0 spiro atoms. The van der Waals surface area contributed by atoms with Crippen LogP contribution < -0.4 is 0 Å². The van der Waals surface area contributed by atoms with Gasteiger partial charge in [0, 0.05) is 22.0 Å². The Bertz CT molecular complexity index is 1320. The quantitative estimate of drug-likeness (QED) is 0.452. The van der Waals surface area contributed by atoms with Crippen LogP contribution in [0.2, 0.25) is 0 Å². The largest absolute Gasteiger partial charge is 0.508 e. The number of allylic oxidation sites excluding steroid dienone is 4. The maximum absolute atomic E-state index is 14.1. The zero-order valence-corrected chi connectivity index (χ0v) is 23.5. The highest BCUT2D eigenvalue weighted by Crippen LogP contribution is 2.62. The molecular formula is C32H40O5. The Balaban J connectivity index is 1.92. The Labute approximate surface area is 220 Å². The molecule has 0 fully saturated rings. The van der Waals surface area contributed by atoms with Crippen LogP contribution in [-0.2, 0) is 16.0 Å². The third-order valence-corrected chi connectivity index (χ3v) is 8.99. The van der Waals surface area contributed by atoms with Gasteiger partial charge in [-0.3, -0.25) is 14.4 Å². The van der Waals surface area contributed by atoms with Gasteiger partial charge in [-0.05, 0) is 88.0 Å². The van der Waals surface area contributed by atoms with Crippen molar-refractivity contribution < 1.29 is 24.6 Å². The number of hydrogen-bond donors (Lipinski definition) is 2. The van der Waals surface area contributed by atoms with Crippen molar-refractivity contribution in [3.63, 3.8) is 0 Å². The molecule has 198 valence electrons. The van der Waals surface area contributed by atoms with E-state index in [4.69, 9.17) is 0 Å². The molecule has 5 nitrogen and oxygen atoms in total. The fourth-order valence-electron chi connectivity index (χ4n) is 7.34. The Kier molecular flexibility index (Phi) is 6.56. The topological polar surface area (TPSA) is 91.7 Å². The summed E-state index contributed by atoms with van der Waals surface area (Å²) in [5.74, 6) is -1.55. The fourth-order valence-corrected chi connectivity index (χ4v) is 7.34. The van der Waals surface area contributed by atoms with E-state index < -0.39 is 33.8 Å². The molecular weight excluding hydrogens is 464 g/mol. The van der Waals surface area contributed by atoms with Gasteiger partial charge in [0.05, 0.1) is 5.57 Å². The molecule has 0 bridgehead atoms. The number of fused-ring (bicyclic) bond motifs is 3. The minimum atomic E-state index is -2.31. The number of aliphatic hydroxyl groups is 2. The van der Waals surface area contributed by atoms with Gasteiger partial charge in [-0.2, -0.15) is 0 Å². The van der Waals surface area contributed by atoms with Gasteiger partial charge in [0.15, 0.2) is 17.2 Å². The zero-order chi connectivity index (χ0) is 27.7. The summed E-state index contributed by atoms with van der Waals surface area (Å²) < 4.78 is 0. The number of aryl methyl sites for hydroxylation is 1. The van der Waals surface area contributed by atoms with Crippen LogP contribution in [0.1, 0.15) is 101 Å². The summed E-state index contributed by atoms with van der Waals surface area (Å²) >= 11 is 0. The van der Waals surface area contributed by atoms with Crippen molar-refractivity contribution in [1.29, 1.82) is 0 Å². The maximum atomic E-state index is 14.1. The first-order valence-corrected chi connectivity index (χ1v) is 13.4. The first kappa shape index (κ1) is 27.3. The number of Topliss-reactive ketones (excluding diaryl/α,β-unsaturated/α-hetero) is 3. The Morgan fingerprint density at radius 3 is 2.35 bits per heavy atom. The molecule has 1 aromatic carbocycles.